The van der Waals surface area contributed by atoms with Gasteiger partial charge in [0.15, 0.2) is 0 Å². The van der Waals surface area contributed by atoms with Crippen molar-refractivity contribution >= 4 is 17.5 Å². The second-order valence-corrected chi connectivity index (χ2v) is 5.53. The highest BCUT2D eigenvalue weighted by atomic mass is 32.1. The second-order valence-electron chi connectivity index (χ2n) is 4.74. The molecule has 2 aliphatic heterocycles. The maximum Gasteiger partial charge on any atom is 0.236 e. The quantitative estimate of drug-likeness (QED) is 0.751. The van der Waals surface area contributed by atoms with Crippen molar-refractivity contribution in [2.45, 2.75) is 12.3 Å². The molecule has 5 heteroatoms. The molecule has 15 heavy (non-hydrogen) atoms. The summed E-state index contributed by atoms with van der Waals surface area (Å²) in [5, 5.41) is 1.24. The number of hydrogen-bond acceptors (Lipinski definition) is 5. The van der Waals surface area contributed by atoms with Gasteiger partial charge in [-0.25, -0.2) is 4.98 Å². The van der Waals surface area contributed by atoms with Crippen molar-refractivity contribution in [1.29, 1.82) is 0 Å². The Morgan fingerprint density at radius 2 is 2.27 bits per heavy atom. The van der Waals surface area contributed by atoms with E-state index < -0.39 is 0 Å². The third-order valence-electron chi connectivity index (χ3n) is 3.48. The number of rotatable bonds is 2. The lowest BCUT2D eigenvalue weighted by atomic mass is 9.93. The lowest BCUT2D eigenvalue weighted by Gasteiger charge is -2.19. The molecule has 4 nitrogen and oxygen atoms in total. The number of nitrogens with zero attached hydrogens (tertiary/aromatic N) is 4. The average Bonchev–Trinajstić information content (AvgIpc) is 2.93. The maximum atomic E-state index is 4.62. The molecule has 0 N–H and O–H groups in total. The van der Waals surface area contributed by atoms with E-state index in [1.807, 2.05) is 19.0 Å². The van der Waals surface area contributed by atoms with Crippen LogP contribution in [0.1, 0.15) is 17.3 Å². The minimum absolute atomic E-state index is 0.657. The topological polar surface area (TPSA) is 32.3 Å². The predicted octanol–water partition coefficient (Wildman–Crippen LogP) is 1.02. The molecule has 3 unspecified atom stereocenters. The Labute approximate surface area is 94.1 Å². The van der Waals surface area contributed by atoms with Crippen LogP contribution in [0.15, 0.2) is 0 Å². The first-order valence-electron chi connectivity index (χ1n) is 5.47. The van der Waals surface area contributed by atoms with E-state index in [1.54, 1.807) is 11.5 Å². The zero-order chi connectivity index (χ0) is 10.4. The normalized spacial score (nSPS) is 33.6. The fourth-order valence-corrected chi connectivity index (χ4v) is 3.53. The average molecular weight is 224 g/mol. The number of aromatic nitrogens is 2. The molecule has 2 saturated heterocycles. The Morgan fingerprint density at radius 1 is 1.40 bits per heavy atom. The van der Waals surface area contributed by atoms with E-state index in [9.17, 15) is 0 Å². The minimum atomic E-state index is 0.657. The standard InChI is InChI=1S/C10H16N4S/c1-13(2)10-11-9(15-12-10)8-6-14-4-3-7(8)5-14/h7-8H,3-6H2,1-2H3. The van der Waals surface area contributed by atoms with Gasteiger partial charge < -0.3 is 9.80 Å². The van der Waals surface area contributed by atoms with E-state index in [4.69, 9.17) is 0 Å². The third kappa shape index (κ3) is 1.54. The Kier molecular flexibility index (Phi) is 2.17. The van der Waals surface area contributed by atoms with Crippen molar-refractivity contribution < 1.29 is 0 Å². The highest BCUT2D eigenvalue weighted by molar-refractivity contribution is 7.05. The van der Waals surface area contributed by atoms with Gasteiger partial charge in [-0.1, -0.05) is 0 Å². The molecular weight excluding hydrogens is 208 g/mol. The van der Waals surface area contributed by atoms with Crippen molar-refractivity contribution in [3.63, 3.8) is 0 Å². The van der Waals surface area contributed by atoms with Crippen LogP contribution in [0.5, 0.6) is 0 Å². The van der Waals surface area contributed by atoms with Crippen LogP contribution in [0.25, 0.3) is 0 Å². The van der Waals surface area contributed by atoms with Gasteiger partial charge in [-0.3, -0.25) is 0 Å². The van der Waals surface area contributed by atoms with E-state index >= 15 is 0 Å². The molecule has 3 rings (SSSR count). The van der Waals surface area contributed by atoms with Crippen molar-refractivity contribution in [3.8, 4) is 0 Å². The molecule has 0 aliphatic carbocycles. The van der Waals surface area contributed by atoms with E-state index in [1.165, 1.54) is 31.1 Å². The summed E-state index contributed by atoms with van der Waals surface area (Å²) in [6.07, 6.45) is 1.35. The van der Waals surface area contributed by atoms with Crippen LogP contribution in [-0.2, 0) is 0 Å². The first kappa shape index (κ1) is 9.54. The van der Waals surface area contributed by atoms with Gasteiger partial charge in [0.1, 0.15) is 5.01 Å². The SMILES string of the molecule is CN(C)c1nsc(C2CN3CCC2C3)n1. The highest BCUT2D eigenvalue weighted by Crippen LogP contribution is 2.40. The molecule has 3 heterocycles. The molecule has 2 aliphatic rings. The van der Waals surface area contributed by atoms with Crippen LogP contribution in [0.4, 0.5) is 5.95 Å². The Bertz CT molecular complexity index is 362. The fourth-order valence-electron chi connectivity index (χ4n) is 2.62. The van der Waals surface area contributed by atoms with Gasteiger partial charge in [0.2, 0.25) is 5.95 Å². The van der Waals surface area contributed by atoms with Gasteiger partial charge in [-0.2, -0.15) is 4.37 Å². The van der Waals surface area contributed by atoms with Crippen LogP contribution in [0.3, 0.4) is 0 Å². The van der Waals surface area contributed by atoms with Crippen molar-refractivity contribution in [2.75, 3.05) is 38.6 Å². The first-order chi connectivity index (χ1) is 7.24. The summed E-state index contributed by atoms with van der Waals surface area (Å²) < 4.78 is 4.38. The molecule has 2 fully saturated rings. The van der Waals surface area contributed by atoms with Crippen molar-refractivity contribution in [2.24, 2.45) is 5.92 Å². The summed E-state index contributed by atoms with van der Waals surface area (Å²) in [6.45, 7) is 3.77. The summed E-state index contributed by atoms with van der Waals surface area (Å²) in [4.78, 5) is 9.14. The molecule has 2 bridgehead atoms. The van der Waals surface area contributed by atoms with Gasteiger partial charge in [-0.15, -0.1) is 0 Å². The van der Waals surface area contributed by atoms with Gasteiger partial charge in [0.05, 0.1) is 0 Å². The van der Waals surface area contributed by atoms with Crippen LogP contribution in [-0.4, -0.2) is 48.0 Å². The molecule has 0 spiro atoms. The predicted molar refractivity (Wildman–Crippen MR) is 61.5 cm³/mol. The Morgan fingerprint density at radius 3 is 2.80 bits per heavy atom. The van der Waals surface area contributed by atoms with Gasteiger partial charge in [0, 0.05) is 33.1 Å². The molecule has 0 saturated carbocycles. The summed E-state index contributed by atoms with van der Waals surface area (Å²) in [7, 11) is 3.99. The smallest absolute Gasteiger partial charge is 0.236 e. The summed E-state index contributed by atoms with van der Waals surface area (Å²) in [5.41, 5.74) is 0. The fraction of sp³-hybridized carbons (Fsp3) is 0.800. The van der Waals surface area contributed by atoms with Crippen molar-refractivity contribution in [3.05, 3.63) is 5.01 Å². The third-order valence-corrected chi connectivity index (χ3v) is 4.32. The lowest BCUT2D eigenvalue weighted by Crippen LogP contribution is -2.22. The number of fused-ring (bicyclic) bond motifs is 2. The zero-order valence-corrected chi connectivity index (χ0v) is 10.00. The van der Waals surface area contributed by atoms with E-state index in [-0.39, 0.29) is 0 Å². The molecule has 1 aromatic rings. The Hall–Kier alpha value is -0.680. The molecule has 82 valence electrons. The summed E-state index contributed by atoms with van der Waals surface area (Å²) in [5.74, 6) is 2.37. The van der Waals surface area contributed by atoms with Gasteiger partial charge >= 0.3 is 0 Å². The molecule has 0 amide bonds. The maximum absolute atomic E-state index is 4.62. The second kappa shape index (κ2) is 3.42. The monoisotopic (exact) mass is 224 g/mol. The number of piperidine rings is 1. The van der Waals surface area contributed by atoms with Crippen molar-refractivity contribution in [1.82, 2.24) is 14.3 Å². The van der Waals surface area contributed by atoms with E-state index in [0.29, 0.717) is 5.92 Å². The lowest BCUT2D eigenvalue weighted by molar-refractivity contribution is 0.346. The molecular formula is C10H16N4S. The van der Waals surface area contributed by atoms with Crippen LogP contribution < -0.4 is 4.90 Å². The molecule has 1 aromatic heterocycles. The zero-order valence-electron chi connectivity index (χ0n) is 9.18. The van der Waals surface area contributed by atoms with Crippen LogP contribution in [0, 0.1) is 5.92 Å². The largest absolute Gasteiger partial charge is 0.346 e. The highest BCUT2D eigenvalue weighted by Gasteiger charge is 2.40. The van der Waals surface area contributed by atoms with E-state index in [2.05, 4.69) is 14.3 Å². The number of hydrogen-bond donors (Lipinski definition) is 0. The first-order valence-corrected chi connectivity index (χ1v) is 6.24. The van der Waals surface area contributed by atoms with Crippen LogP contribution in [0.2, 0.25) is 0 Å². The Balaban J connectivity index is 1.81. The number of anilines is 1. The molecule has 0 aromatic carbocycles. The van der Waals surface area contributed by atoms with E-state index in [0.717, 1.165) is 11.9 Å². The molecule has 0 radical (unpaired) electrons. The summed E-state index contributed by atoms with van der Waals surface area (Å²) >= 11 is 1.59. The summed E-state index contributed by atoms with van der Waals surface area (Å²) in [6, 6.07) is 0. The van der Waals surface area contributed by atoms with Gasteiger partial charge in [0.25, 0.3) is 0 Å². The molecule has 3 atom stereocenters. The van der Waals surface area contributed by atoms with Gasteiger partial charge in [-0.05, 0) is 30.4 Å². The van der Waals surface area contributed by atoms with Crippen LogP contribution >= 0.6 is 11.5 Å². The minimum Gasteiger partial charge on any atom is -0.346 e.